The Morgan fingerprint density at radius 2 is 2.25 bits per heavy atom. The van der Waals surface area contributed by atoms with E-state index < -0.39 is 0 Å². The lowest BCUT2D eigenvalue weighted by atomic mass is 10.2. The molecular formula is C11H11N5. The molecule has 80 valence electrons. The molecule has 0 saturated heterocycles. The van der Waals surface area contributed by atoms with Gasteiger partial charge in [0.1, 0.15) is 5.52 Å². The fraction of sp³-hybridized carbons (Fsp3) is 0.182. The summed E-state index contributed by atoms with van der Waals surface area (Å²) in [5.74, 6) is 0. The second kappa shape index (κ2) is 3.44. The van der Waals surface area contributed by atoms with E-state index in [0.29, 0.717) is 0 Å². The highest BCUT2D eigenvalue weighted by Crippen LogP contribution is 2.13. The van der Waals surface area contributed by atoms with Crippen LogP contribution in [0.2, 0.25) is 0 Å². The van der Waals surface area contributed by atoms with Gasteiger partial charge in [-0.2, -0.15) is 0 Å². The van der Waals surface area contributed by atoms with Crippen molar-refractivity contribution >= 4 is 11.0 Å². The molecule has 0 unspecified atom stereocenters. The minimum Gasteiger partial charge on any atom is -0.333 e. The second-order valence-electron chi connectivity index (χ2n) is 3.77. The number of fused-ring (bicyclic) bond motifs is 1. The molecular weight excluding hydrogens is 202 g/mol. The van der Waals surface area contributed by atoms with E-state index in [2.05, 4.69) is 27.4 Å². The zero-order valence-electron chi connectivity index (χ0n) is 8.91. The zero-order valence-corrected chi connectivity index (χ0v) is 8.91. The lowest BCUT2D eigenvalue weighted by Gasteiger charge is -2.02. The minimum atomic E-state index is 0.821. The largest absolute Gasteiger partial charge is 0.333 e. The van der Waals surface area contributed by atoms with Gasteiger partial charge in [-0.25, -0.2) is 9.67 Å². The minimum absolute atomic E-state index is 0.821. The monoisotopic (exact) mass is 213 g/mol. The third-order valence-electron chi connectivity index (χ3n) is 2.60. The third-order valence-corrected chi connectivity index (χ3v) is 2.60. The van der Waals surface area contributed by atoms with Gasteiger partial charge in [-0.3, -0.25) is 0 Å². The number of aromatic nitrogens is 5. The van der Waals surface area contributed by atoms with E-state index in [1.165, 1.54) is 5.56 Å². The first-order valence-electron chi connectivity index (χ1n) is 5.07. The number of imidazole rings is 1. The Labute approximate surface area is 92.3 Å². The Hall–Kier alpha value is -2.17. The highest BCUT2D eigenvalue weighted by molar-refractivity contribution is 5.74. The van der Waals surface area contributed by atoms with Gasteiger partial charge in [-0.15, -0.1) is 5.10 Å². The van der Waals surface area contributed by atoms with Crippen LogP contribution in [0.5, 0.6) is 0 Å². The molecule has 0 bridgehead atoms. The first-order valence-corrected chi connectivity index (χ1v) is 5.07. The van der Waals surface area contributed by atoms with Crippen LogP contribution in [0, 0.1) is 0 Å². The van der Waals surface area contributed by atoms with Crippen molar-refractivity contribution in [1.29, 1.82) is 0 Å². The first-order chi connectivity index (χ1) is 7.83. The molecule has 0 saturated carbocycles. The van der Waals surface area contributed by atoms with Crippen LogP contribution >= 0.6 is 0 Å². The Kier molecular flexibility index (Phi) is 1.96. The van der Waals surface area contributed by atoms with E-state index in [0.717, 1.165) is 17.6 Å². The van der Waals surface area contributed by atoms with Crippen molar-refractivity contribution in [3.8, 4) is 0 Å². The van der Waals surface area contributed by atoms with Crippen molar-refractivity contribution in [2.45, 2.75) is 6.54 Å². The van der Waals surface area contributed by atoms with E-state index >= 15 is 0 Å². The van der Waals surface area contributed by atoms with Gasteiger partial charge >= 0.3 is 0 Å². The van der Waals surface area contributed by atoms with Gasteiger partial charge in [-0.1, -0.05) is 11.3 Å². The Bertz CT molecular complexity index is 608. The molecule has 5 heteroatoms. The first kappa shape index (κ1) is 9.08. The summed E-state index contributed by atoms with van der Waals surface area (Å²) >= 11 is 0. The van der Waals surface area contributed by atoms with Crippen molar-refractivity contribution in [2.75, 3.05) is 0 Å². The molecule has 1 aromatic carbocycles. The summed E-state index contributed by atoms with van der Waals surface area (Å²) in [5, 5.41) is 8.03. The molecule has 5 nitrogen and oxygen atoms in total. The molecule has 0 aliphatic carbocycles. The number of nitrogens with zero attached hydrogens (tertiary/aromatic N) is 5. The predicted octanol–water partition coefficient (Wildman–Crippen LogP) is 1.21. The van der Waals surface area contributed by atoms with Gasteiger partial charge in [0, 0.05) is 26.0 Å². The summed E-state index contributed by atoms with van der Waals surface area (Å²) in [5.41, 5.74) is 3.20. The van der Waals surface area contributed by atoms with Crippen LogP contribution in [0.15, 0.2) is 36.9 Å². The van der Waals surface area contributed by atoms with Gasteiger partial charge in [-0.05, 0) is 17.7 Å². The number of hydrogen-bond donors (Lipinski definition) is 0. The van der Waals surface area contributed by atoms with Gasteiger partial charge < -0.3 is 4.57 Å². The van der Waals surface area contributed by atoms with E-state index in [-0.39, 0.29) is 0 Å². The maximum Gasteiger partial charge on any atom is 0.113 e. The van der Waals surface area contributed by atoms with Crippen LogP contribution < -0.4 is 0 Å². The van der Waals surface area contributed by atoms with Gasteiger partial charge in [0.25, 0.3) is 0 Å². The van der Waals surface area contributed by atoms with E-state index in [9.17, 15) is 0 Å². The molecule has 0 amide bonds. The molecule has 0 atom stereocenters. The van der Waals surface area contributed by atoms with Crippen molar-refractivity contribution in [3.63, 3.8) is 0 Å². The zero-order chi connectivity index (χ0) is 11.0. The fourth-order valence-electron chi connectivity index (χ4n) is 1.77. The van der Waals surface area contributed by atoms with Crippen molar-refractivity contribution in [3.05, 3.63) is 42.5 Å². The molecule has 0 aliphatic heterocycles. The standard InChI is InChI=1S/C11H11N5/c1-15-11-6-9(2-3-10(11)13-14-15)7-16-5-4-12-8-16/h2-6,8H,7H2,1H3. The van der Waals surface area contributed by atoms with E-state index in [1.807, 2.05) is 30.2 Å². The number of hydrogen-bond acceptors (Lipinski definition) is 3. The summed E-state index contributed by atoms with van der Waals surface area (Å²) < 4.78 is 3.82. The van der Waals surface area contributed by atoms with Crippen molar-refractivity contribution in [1.82, 2.24) is 24.5 Å². The maximum atomic E-state index is 4.05. The molecule has 0 spiro atoms. The van der Waals surface area contributed by atoms with Gasteiger partial charge in [0.05, 0.1) is 11.8 Å². The molecule has 3 aromatic rings. The number of rotatable bonds is 2. The summed E-state index contributed by atoms with van der Waals surface area (Å²) in [7, 11) is 1.90. The van der Waals surface area contributed by atoms with Crippen LogP contribution in [-0.2, 0) is 13.6 Å². The smallest absolute Gasteiger partial charge is 0.113 e. The fourth-order valence-corrected chi connectivity index (χ4v) is 1.77. The molecule has 0 aliphatic rings. The van der Waals surface area contributed by atoms with E-state index in [4.69, 9.17) is 0 Å². The molecule has 2 heterocycles. The van der Waals surface area contributed by atoms with Crippen molar-refractivity contribution in [2.24, 2.45) is 7.05 Å². The summed E-state index contributed by atoms with van der Waals surface area (Å²) in [6.07, 6.45) is 5.54. The van der Waals surface area contributed by atoms with Crippen LogP contribution in [0.4, 0.5) is 0 Å². The van der Waals surface area contributed by atoms with E-state index in [1.54, 1.807) is 10.9 Å². The summed E-state index contributed by atoms with van der Waals surface area (Å²) in [6, 6.07) is 6.17. The molecule has 16 heavy (non-hydrogen) atoms. The summed E-state index contributed by atoms with van der Waals surface area (Å²) in [4.78, 5) is 4.02. The SMILES string of the molecule is Cn1nnc2ccc(Cn3ccnc3)cc21. The Morgan fingerprint density at radius 3 is 3.06 bits per heavy atom. The molecule has 0 radical (unpaired) electrons. The highest BCUT2D eigenvalue weighted by Gasteiger charge is 2.02. The Morgan fingerprint density at radius 1 is 1.31 bits per heavy atom. The average Bonchev–Trinajstić information content (AvgIpc) is 2.90. The van der Waals surface area contributed by atoms with Crippen LogP contribution in [0.1, 0.15) is 5.56 Å². The average molecular weight is 213 g/mol. The summed E-state index contributed by atoms with van der Waals surface area (Å²) in [6.45, 7) is 0.821. The Balaban J connectivity index is 2.01. The molecule has 0 fully saturated rings. The number of benzene rings is 1. The van der Waals surface area contributed by atoms with Crippen LogP contribution in [-0.4, -0.2) is 24.5 Å². The van der Waals surface area contributed by atoms with Crippen molar-refractivity contribution < 1.29 is 0 Å². The lowest BCUT2D eigenvalue weighted by Crippen LogP contribution is -1.97. The molecule has 3 rings (SSSR count). The third kappa shape index (κ3) is 1.46. The number of aryl methyl sites for hydroxylation is 1. The highest BCUT2D eigenvalue weighted by atomic mass is 15.4. The quantitative estimate of drug-likeness (QED) is 0.643. The second-order valence-corrected chi connectivity index (χ2v) is 3.77. The topological polar surface area (TPSA) is 48.5 Å². The lowest BCUT2D eigenvalue weighted by molar-refractivity contribution is 0.735. The van der Waals surface area contributed by atoms with Gasteiger partial charge in [0.15, 0.2) is 0 Å². The van der Waals surface area contributed by atoms with Crippen LogP contribution in [0.25, 0.3) is 11.0 Å². The maximum absolute atomic E-state index is 4.05. The normalized spacial score (nSPS) is 11.1. The van der Waals surface area contributed by atoms with Gasteiger partial charge in [0.2, 0.25) is 0 Å². The molecule has 2 aromatic heterocycles. The molecule has 0 N–H and O–H groups in total. The predicted molar refractivity (Wildman–Crippen MR) is 59.8 cm³/mol. The van der Waals surface area contributed by atoms with Crippen LogP contribution in [0.3, 0.4) is 0 Å².